The van der Waals surface area contributed by atoms with Gasteiger partial charge in [0.05, 0.1) is 17.1 Å². The number of nitrogens with one attached hydrogen (secondary N) is 1. The number of nitrogens with zero attached hydrogens (tertiary/aromatic N) is 1. The third-order valence-electron chi connectivity index (χ3n) is 4.12. The van der Waals surface area contributed by atoms with E-state index in [9.17, 15) is 13.2 Å². The summed E-state index contributed by atoms with van der Waals surface area (Å²) in [5, 5.41) is 2.88. The number of sulfone groups is 1. The molecule has 1 saturated heterocycles. The molecule has 0 spiro atoms. The van der Waals surface area contributed by atoms with Gasteiger partial charge in [-0.2, -0.15) is 0 Å². The van der Waals surface area contributed by atoms with E-state index < -0.39 is 9.84 Å². The topological polar surface area (TPSA) is 68.2 Å². The molecule has 1 amide bonds. The molecule has 5 nitrogen and oxygen atoms in total. The lowest BCUT2D eigenvalue weighted by Gasteiger charge is -2.14. The van der Waals surface area contributed by atoms with Gasteiger partial charge in [-0.1, -0.05) is 0 Å². The van der Waals surface area contributed by atoms with Crippen LogP contribution in [0.4, 0.5) is 0 Å². The molecule has 1 atom stereocenters. The summed E-state index contributed by atoms with van der Waals surface area (Å²) < 4.78 is 25.0. The van der Waals surface area contributed by atoms with Gasteiger partial charge in [0.15, 0.2) is 9.84 Å². The first-order valence-corrected chi connectivity index (χ1v) is 9.20. The first-order chi connectivity index (χ1) is 9.71. The van der Waals surface area contributed by atoms with E-state index in [0.717, 1.165) is 11.4 Å². The van der Waals surface area contributed by atoms with Crippen molar-refractivity contribution in [3.05, 3.63) is 23.0 Å². The molecule has 1 fully saturated rings. The molecule has 1 aromatic heterocycles. The summed E-state index contributed by atoms with van der Waals surface area (Å²) in [4.78, 5) is 12.3. The Balaban J connectivity index is 2.03. The molecule has 21 heavy (non-hydrogen) atoms. The first kappa shape index (κ1) is 16.1. The van der Waals surface area contributed by atoms with Crippen molar-refractivity contribution in [1.82, 2.24) is 9.88 Å². The van der Waals surface area contributed by atoms with Gasteiger partial charge in [-0.05, 0) is 46.1 Å². The van der Waals surface area contributed by atoms with Crippen LogP contribution in [-0.2, 0) is 9.84 Å². The van der Waals surface area contributed by atoms with E-state index in [-0.39, 0.29) is 23.3 Å². The third-order valence-corrected chi connectivity index (χ3v) is 5.96. The highest BCUT2D eigenvalue weighted by atomic mass is 32.2. The number of hydrogen-bond donors (Lipinski definition) is 1. The fourth-order valence-corrected chi connectivity index (χ4v) is 5.03. The fourth-order valence-electron chi connectivity index (χ4n) is 3.17. The van der Waals surface area contributed by atoms with Crippen LogP contribution in [0.1, 0.15) is 48.1 Å². The van der Waals surface area contributed by atoms with E-state index in [2.05, 4.69) is 23.7 Å². The quantitative estimate of drug-likeness (QED) is 0.922. The zero-order chi connectivity index (χ0) is 15.8. The molecular formula is C15H24N2O3S. The normalized spacial score (nSPS) is 20.9. The maximum Gasteiger partial charge on any atom is 0.253 e. The Hall–Kier alpha value is -1.30. The second kappa shape index (κ2) is 5.83. The van der Waals surface area contributed by atoms with Gasteiger partial charge in [0.25, 0.3) is 5.91 Å². The maximum absolute atomic E-state index is 12.3. The van der Waals surface area contributed by atoms with Crippen LogP contribution in [0.15, 0.2) is 6.07 Å². The highest BCUT2D eigenvalue weighted by Gasteiger charge is 2.28. The number of carbonyl (C=O) groups excluding carboxylic acids is 1. The van der Waals surface area contributed by atoms with Crippen LogP contribution in [0.25, 0.3) is 0 Å². The largest absolute Gasteiger partial charge is 0.352 e. The lowest BCUT2D eigenvalue weighted by atomic mass is 10.1. The fraction of sp³-hybridized carbons (Fsp3) is 0.667. The highest BCUT2D eigenvalue weighted by Crippen LogP contribution is 2.21. The molecule has 0 saturated carbocycles. The van der Waals surface area contributed by atoms with Crippen LogP contribution >= 0.6 is 0 Å². The van der Waals surface area contributed by atoms with Gasteiger partial charge in [0, 0.05) is 24.0 Å². The molecular weight excluding hydrogens is 288 g/mol. The molecule has 118 valence electrons. The Morgan fingerprint density at radius 2 is 2.10 bits per heavy atom. The number of carbonyl (C=O) groups is 1. The van der Waals surface area contributed by atoms with Gasteiger partial charge in [0.2, 0.25) is 0 Å². The van der Waals surface area contributed by atoms with Crippen LogP contribution in [-0.4, -0.2) is 36.9 Å². The number of aromatic nitrogens is 1. The van der Waals surface area contributed by atoms with Crippen LogP contribution in [0.3, 0.4) is 0 Å². The van der Waals surface area contributed by atoms with Gasteiger partial charge in [-0.15, -0.1) is 0 Å². The number of amides is 1. The molecule has 0 aliphatic carbocycles. The summed E-state index contributed by atoms with van der Waals surface area (Å²) >= 11 is 0. The molecule has 0 bridgehead atoms. The standard InChI is InChI=1S/C15H24N2O3S/c1-10(2)17-11(3)7-14(12(17)4)15(18)16-8-13-5-6-21(19,20)9-13/h7,10,13H,5-6,8-9H2,1-4H3,(H,16,18)/t13-/m1/s1. The smallest absolute Gasteiger partial charge is 0.253 e. The molecule has 0 unspecified atom stereocenters. The van der Waals surface area contributed by atoms with Gasteiger partial charge in [-0.25, -0.2) is 8.42 Å². The SMILES string of the molecule is Cc1cc(C(=O)NC[C@H]2CCS(=O)(=O)C2)c(C)n1C(C)C. The van der Waals surface area contributed by atoms with Crippen molar-refractivity contribution < 1.29 is 13.2 Å². The van der Waals surface area contributed by atoms with Crippen LogP contribution in [0, 0.1) is 19.8 Å². The number of rotatable bonds is 4. The van der Waals surface area contributed by atoms with E-state index in [4.69, 9.17) is 0 Å². The highest BCUT2D eigenvalue weighted by molar-refractivity contribution is 7.91. The van der Waals surface area contributed by atoms with Crippen molar-refractivity contribution in [3.63, 3.8) is 0 Å². The molecule has 1 N–H and O–H groups in total. The Labute approximate surface area is 126 Å². The first-order valence-electron chi connectivity index (χ1n) is 7.38. The molecule has 6 heteroatoms. The second-order valence-corrected chi connectivity index (χ2v) is 8.46. The monoisotopic (exact) mass is 312 g/mol. The summed E-state index contributed by atoms with van der Waals surface area (Å²) in [6.45, 7) is 8.55. The van der Waals surface area contributed by atoms with E-state index in [1.165, 1.54) is 0 Å². The Kier molecular flexibility index (Phi) is 4.46. The average Bonchev–Trinajstić information content (AvgIpc) is 2.86. The Morgan fingerprint density at radius 3 is 2.57 bits per heavy atom. The van der Waals surface area contributed by atoms with Crippen LogP contribution in [0.2, 0.25) is 0 Å². The predicted octanol–water partition coefficient (Wildman–Crippen LogP) is 1.85. The van der Waals surface area contributed by atoms with E-state index >= 15 is 0 Å². The van der Waals surface area contributed by atoms with Gasteiger partial charge in [0.1, 0.15) is 0 Å². The minimum absolute atomic E-state index is 0.0486. The van der Waals surface area contributed by atoms with Crippen LogP contribution < -0.4 is 5.32 Å². The van der Waals surface area contributed by atoms with Crippen molar-refractivity contribution >= 4 is 15.7 Å². The van der Waals surface area contributed by atoms with Crippen molar-refractivity contribution in [2.24, 2.45) is 5.92 Å². The summed E-state index contributed by atoms with van der Waals surface area (Å²) in [5.74, 6) is 0.375. The maximum atomic E-state index is 12.3. The molecule has 2 heterocycles. The zero-order valence-electron chi connectivity index (χ0n) is 13.1. The molecule has 1 aromatic rings. The summed E-state index contributed by atoms with van der Waals surface area (Å²) in [7, 11) is -2.89. The lowest BCUT2D eigenvalue weighted by molar-refractivity contribution is 0.0947. The summed E-state index contributed by atoms with van der Waals surface area (Å²) in [5.41, 5.74) is 2.71. The van der Waals surface area contributed by atoms with E-state index in [0.29, 0.717) is 24.6 Å². The third kappa shape index (κ3) is 3.48. The van der Waals surface area contributed by atoms with Crippen LogP contribution in [0.5, 0.6) is 0 Å². The summed E-state index contributed by atoms with van der Waals surface area (Å²) in [6, 6.07) is 2.21. The molecule has 1 aliphatic heterocycles. The minimum atomic E-state index is -2.89. The Morgan fingerprint density at radius 1 is 1.43 bits per heavy atom. The average molecular weight is 312 g/mol. The predicted molar refractivity (Wildman–Crippen MR) is 83.4 cm³/mol. The van der Waals surface area contributed by atoms with Crippen molar-refractivity contribution in [1.29, 1.82) is 0 Å². The zero-order valence-corrected chi connectivity index (χ0v) is 14.0. The molecule has 0 radical (unpaired) electrons. The number of aryl methyl sites for hydroxylation is 1. The number of hydrogen-bond acceptors (Lipinski definition) is 3. The van der Waals surface area contributed by atoms with Crippen molar-refractivity contribution in [2.45, 2.75) is 40.2 Å². The van der Waals surface area contributed by atoms with E-state index in [1.54, 1.807) is 0 Å². The van der Waals surface area contributed by atoms with Crippen molar-refractivity contribution in [2.75, 3.05) is 18.1 Å². The van der Waals surface area contributed by atoms with Gasteiger partial charge >= 0.3 is 0 Å². The van der Waals surface area contributed by atoms with Gasteiger partial charge in [-0.3, -0.25) is 4.79 Å². The van der Waals surface area contributed by atoms with Crippen molar-refractivity contribution in [3.8, 4) is 0 Å². The lowest BCUT2D eigenvalue weighted by Crippen LogP contribution is -2.30. The van der Waals surface area contributed by atoms with E-state index in [1.807, 2.05) is 19.9 Å². The minimum Gasteiger partial charge on any atom is -0.352 e. The molecule has 0 aromatic carbocycles. The molecule has 1 aliphatic rings. The summed E-state index contributed by atoms with van der Waals surface area (Å²) in [6.07, 6.45) is 0.646. The molecule has 2 rings (SSSR count). The Bertz CT molecular complexity index is 644. The second-order valence-electron chi connectivity index (χ2n) is 6.23. The van der Waals surface area contributed by atoms with Gasteiger partial charge < -0.3 is 9.88 Å².